The van der Waals surface area contributed by atoms with Crippen molar-refractivity contribution in [2.24, 2.45) is 0 Å². The largest absolute Gasteiger partial charge is 0.458 e. The van der Waals surface area contributed by atoms with Gasteiger partial charge in [0, 0.05) is 32.6 Å². The predicted octanol–water partition coefficient (Wildman–Crippen LogP) is 1.44. The predicted molar refractivity (Wildman–Crippen MR) is 80.2 cm³/mol. The topological polar surface area (TPSA) is 76.6 Å². The minimum atomic E-state index is -0.0860. The molecule has 0 aromatic carbocycles. The van der Waals surface area contributed by atoms with Crippen molar-refractivity contribution in [2.45, 2.75) is 18.9 Å². The van der Waals surface area contributed by atoms with Crippen LogP contribution >= 0.6 is 15.9 Å². The van der Waals surface area contributed by atoms with Crippen LogP contribution in [-0.4, -0.2) is 60.4 Å². The molecule has 21 heavy (non-hydrogen) atoms. The van der Waals surface area contributed by atoms with E-state index in [1.807, 2.05) is 0 Å². The molecular weight excluding hydrogens is 340 g/mol. The first kappa shape index (κ1) is 16.0. The number of aromatic nitrogens is 2. The van der Waals surface area contributed by atoms with Gasteiger partial charge in [-0.2, -0.15) is 0 Å². The molecule has 1 N–H and O–H groups in total. The van der Waals surface area contributed by atoms with Crippen molar-refractivity contribution >= 4 is 22.0 Å². The van der Waals surface area contributed by atoms with Crippen LogP contribution in [0.1, 0.15) is 12.8 Å². The minimum absolute atomic E-state index is 0.0758. The van der Waals surface area contributed by atoms with Crippen molar-refractivity contribution in [3.8, 4) is 6.01 Å². The first-order valence-corrected chi connectivity index (χ1v) is 7.64. The Labute approximate surface area is 132 Å². The number of carbonyl (C=O) groups excluding carboxylic acids is 1. The summed E-state index contributed by atoms with van der Waals surface area (Å²) in [7, 11) is 1.61. The van der Waals surface area contributed by atoms with E-state index < -0.39 is 0 Å². The second kappa shape index (κ2) is 8.14. The van der Waals surface area contributed by atoms with Gasteiger partial charge in [0.05, 0.1) is 17.6 Å². The zero-order chi connectivity index (χ0) is 15.1. The van der Waals surface area contributed by atoms with Gasteiger partial charge in [-0.25, -0.2) is 14.8 Å². The quantitative estimate of drug-likeness (QED) is 0.805. The van der Waals surface area contributed by atoms with Gasteiger partial charge < -0.3 is 19.7 Å². The highest BCUT2D eigenvalue weighted by Gasteiger charge is 2.25. The van der Waals surface area contributed by atoms with Crippen LogP contribution in [0, 0.1) is 0 Å². The van der Waals surface area contributed by atoms with Crippen LogP contribution in [0.15, 0.2) is 16.9 Å². The molecule has 1 fully saturated rings. The van der Waals surface area contributed by atoms with E-state index >= 15 is 0 Å². The van der Waals surface area contributed by atoms with E-state index in [1.54, 1.807) is 24.4 Å². The van der Waals surface area contributed by atoms with Gasteiger partial charge in [0.15, 0.2) is 0 Å². The molecule has 1 aliphatic rings. The van der Waals surface area contributed by atoms with E-state index in [2.05, 4.69) is 31.2 Å². The lowest BCUT2D eigenvalue weighted by Crippen LogP contribution is -2.49. The third-order valence-corrected chi connectivity index (χ3v) is 3.53. The van der Waals surface area contributed by atoms with Crippen LogP contribution in [0.3, 0.4) is 0 Å². The highest BCUT2D eigenvalue weighted by Crippen LogP contribution is 2.16. The Hall–Kier alpha value is -1.41. The van der Waals surface area contributed by atoms with Crippen molar-refractivity contribution in [3.63, 3.8) is 0 Å². The molecule has 2 heterocycles. The minimum Gasteiger partial charge on any atom is -0.458 e. The molecule has 1 aromatic rings. The summed E-state index contributed by atoms with van der Waals surface area (Å²) in [4.78, 5) is 21.9. The van der Waals surface area contributed by atoms with Gasteiger partial charge in [0.1, 0.15) is 6.10 Å². The lowest BCUT2D eigenvalue weighted by atomic mass is 10.1. The van der Waals surface area contributed by atoms with E-state index in [4.69, 9.17) is 9.47 Å². The smallest absolute Gasteiger partial charge is 0.317 e. The fraction of sp³-hybridized carbons (Fsp3) is 0.615. The highest BCUT2D eigenvalue weighted by molar-refractivity contribution is 9.10. The van der Waals surface area contributed by atoms with Gasteiger partial charge in [-0.3, -0.25) is 0 Å². The fourth-order valence-corrected chi connectivity index (χ4v) is 2.31. The Bertz CT molecular complexity index is 457. The average molecular weight is 359 g/mol. The SMILES string of the molecule is COCCNC(=O)N1CCCC(Oc2ncc(Br)cn2)C1. The Kier molecular flexibility index (Phi) is 6.19. The monoisotopic (exact) mass is 358 g/mol. The highest BCUT2D eigenvalue weighted by atomic mass is 79.9. The summed E-state index contributed by atoms with van der Waals surface area (Å²) in [6.45, 7) is 2.29. The molecule has 116 valence electrons. The fourth-order valence-electron chi connectivity index (χ4n) is 2.10. The van der Waals surface area contributed by atoms with E-state index in [0.29, 0.717) is 25.7 Å². The Morgan fingerprint density at radius 1 is 1.52 bits per heavy atom. The zero-order valence-corrected chi connectivity index (χ0v) is 13.5. The number of likely N-dealkylation sites (tertiary alicyclic amines) is 1. The molecule has 0 aliphatic carbocycles. The standard InChI is InChI=1S/C13H19BrN4O3/c1-20-6-4-15-13(19)18-5-2-3-11(9-18)21-12-16-7-10(14)8-17-12/h7-8,11H,2-6,9H2,1H3,(H,15,19). The molecule has 0 spiro atoms. The molecular formula is C13H19BrN4O3. The number of hydrogen-bond donors (Lipinski definition) is 1. The van der Waals surface area contributed by atoms with E-state index in [1.165, 1.54) is 0 Å². The summed E-state index contributed by atoms with van der Waals surface area (Å²) >= 11 is 3.28. The van der Waals surface area contributed by atoms with E-state index in [0.717, 1.165) is 23.9 Å². The molecule has 1 saturated heterocycles. The van der Waals surface area contributed by atoms with E-state index in [-0.39, 0.29) is 12.1 Å². The van der Waals surface area contributed by atoms with Crippen LogP contribution in [0.2, 0.25) is 0 Å². The number of halogens is 1. The Balaban J connectivity index is 1.82. The molecule has 2 rings (SSSR count). The van der Waals surface area contributed by atoms with Gasteiger partial charge in [-0.1, -0.05) is 0 Å². The summed E-state index contributed by atoms with van der Waals surface area (Å²) in [6.07, 6.45) is 4.99. The number of amides is 2. The van der Waals surface area contributed by atoms with Crippen LogP contribution in [-0.2, 0) is 4.74 Å². The molecule has 1 aliphatic heterocycles. The number of carbonyl (C=O) groups is 1. The van der Waals surface area contributed by atoms with Crippen molar-refractivity contribution < 1.29 is 14.3 Å². The normalized spacial score (nSPS) is 18.4. The summed E-state index contributed by atoms with van der Waals surface area (Å²) in [5.74, 6) is 0. The molecule has 0 saturated carbocycles. The maximum Gasteiger partial charge on any atom is 0.317 e. The van der Waals surface area contributed by atoms with Gasteiger partial charge in [0.25, 0.3) is 0 Å². The first-order chi connectivity index (χ1) is 10.2. The van der Waals surface area contributed by atoms with Crippen LogP contribution in [0.25, 0.3) is 0 Å². The summed E-state index contributed by atoms with van der Waals surface area (Å²) < 4.78 is 11.4. The zero-order valence-electron chi connectivity index (χ0n) is 11.9. The van der Waals surface area contributed by atoms with Crippen molar-refractivity contribution in [2.75, 3.05) is 33.4 Å². The lowest BCUT2D eigenvalue weighted by molar-refractivity contribution is 0.0929. The van der Waals surface area contributed by atoms with Crippen molar-refractivity contribution in [1.82, 2.24) is 20.2 Å². The van der Waals surface area contributed by atoms with Gasteiger partial charge in [-0.05, 0) is 28.8 Å². The Morgan fingerprint density at radius 3 is 3.00 bits per heavy atom. The third-order valence-electron chi connectivity index (χ3n) is 3.12. The summed E-state index contributed by atoms with van der Waals surface area (Å²) in [6, 6.07) is 0.252. The number of ether oxygens (including phenoxy) is 2. The van der Waals surface area contributed by atoms with Crippen LogP contribution in [0.4, 0.5) is 4.79 Å². The molecule has 1 unspecified atom stereocenters. The summed E-state index contributed by atoms with van der Waals surface area (Å²) in [5.41, 5.74) is 0. The second-order valence-electron chi connectivity index (χ2n) is 4.74. The number of nitrogens with zero attached hydrogens (tertiary/aromatic N) is 3. The van der Waals surface area contributed by atoms with Crippen molar-refractivity contribution in [3.05, 3.63) is 16.9 Å². The molecule has 1 atom stereocenters. The molecule has 7 nitrogen and oxygen atoms in total. The number of methoxy groups -OCH3 is 1. The second-order valence-corrected chi connectivity index (χ2v) is 5.65. The van der Waals surface area contributed by atoms with Gasteiger partial charge in [0.2, 0.25) is 0 Å². The van der Waals surface area contributed by atoms with Crippen molar-refractivity contribution in [1.29, 1.82) is 0 Å². The van der Waals surface area contributed by atoms with Crippen LogP contribution in [0.5, 0.6) is 6.01 Å². The van der Waals surface area contributed by atoms with Gasteiger partial charge >= 0.3 is 12.0 Å². The third kappa shape index (κ3) is 5.13. The molecule has 8 heteroatoms. The molecule has 2 amide bonds. The number of piperidine rings is 1. The number of urea groups is 1. The number of nitrogens with one attached hydrogen (secondary N) is 1. The molecule has 0 bridgehead atoms. The number of rotatable bonds is 5. The van der Waals surface area contributed by atoms with E-state index in [9.17, 15) is 4.79 Å². The van der Waals surface area contributed by atoms with Gasteiger partial charge in [-0.15, -0.1) is 0 Å². The average Bonchev–Trinajstić information content (AvgIpc) is 2.50. The molecule has 1 aromatic heterocycles. The molecule has 0 radical (unpaired) electrons. The maximum absolute atomic E-state index is 12.0. The Morgan fingerprint density at radius 2 is 2.29 bits per heavy atom. The summed E-state index contributed by atoms with van der Waals surface area (Å²) in [5, 5.41) is 2.81. The lowest BCUT2D eigenvalue weighted by Gasteiger charge is -2.32. The first-order valence-electron chi connectivity index (χ1n) is 6.85. The maximum atomic E-state index is 12.0. The number of hydrogen-bond acceptors (Lipinski definition) is 5. The van der Waals surface area contributed by atoms with Crippen LogP contribution < -0.4 is 10.1 Å².